The van der Waals surface area contributed by atoms with Crippen LogP contribution in [0.25, 0.3) is 0 Å². The van der Waals surface area contributed by atoms with Gasteiger partial charge in [-0.05, 0) is 30.3 Å². The van der Waals surface area contributed by atoms with E-state index in [4.69, 9.17) is 23.8 Å². The number of nitrogens with zero attached hydrogens (tertiary/aromatic N) is 4. The Hall–Kier alpha value is -2.38. The second kappa shape index (κ2) is 8.64. The molecule has 130 valence electrons. The minimum atomic E-state index is 0.586. The third kappa shape index (κ3) is 5.30. The molecular formula is C17H19ClN6S. The number of aromatic nitrogens is 4. The largest absolute Gasteiger partial charge is 0.362 e. The Morgan fingerprint density at radius 3 is 2.96 bits per heavy atom. The van der Waals surface area contributed by atoms with Gasteiger partial charge < -0.3 is 15.2 Å². The SMILES string of the molecule is S=C(NCCCn1ccnc1)Nc1cnn(Cc2ccccc2Cl)c1. The molecule has 25 heavy (non-hydrogen) atoms. The molecule has 0 saturated carbocycles. The predicted octanol–water partition coefficient (Wildman–Crippen LogP) is 3.16. The van der Waals surface area contributed by atoms with Crippen molar-refractivity contribution in [2.24, 2.45) is 0 Å². The van der Waals surface area contributed by atoms with Crippen molar-refractivity contribution in [3.8, 4) is 0 Å². The molecule has 1 aromatic carbocycles. The summed E-state index contributed by atoms with van der Waals surface area (Å²) in [6, 6.07) is 7.75. The molecule has 0 spiro atoms. The highest BCUT2D eigenvalue weighted by Crippen LogP contribution is 2.16. The van der Waals surface area contributed by atoms with Crippen molar-refractivity contribution < 1.29 is 0 Å². The molecule has 0 saturated heterocycles. The van der Waals surface area contributed by atoms with E-state index in [-0.39, 0.29) is 0 Å². The average Bonchev–Trinajstić information content (AvgIpc) is 3.26. The van der Waals surface area contributed by atoms with Crippen molar-refractivity contribution >= 4 is 34.6 Å². The lowest BCUT2D eigenvalue weighted by molar-refractivity contribution is 0.632. The van der Waals surface area contributed by atoms with Gasteiger partial charge >= 0.3 is 0 Å². The van der Waals surface area contributed by atoms with Crippen LogP contribution in [0.2, 0.25) is 5.02 Å². The lowest BCUT2D eigenvalue weighted by Gasteiger charge is -2.09. The van der Waals surface area contributed by atoms with Crippen molar-refractivity contribution in [3.63, 3.8) is 0 Å². The molecule has 0 aliphatic heterocycles. The van der Waals surface area contributed by atoms with Gasteiger partial charge in [-0.15, -0.1) is 0 Å². The molecule has 0 aliphatic rings. The highest BCUT2D eigenvalue weighted by atomic mass is 35.5. The van der Waals surface area contributed by atoms with Gasteiger partial charge in [0.05, 0.1) is 24.8 Å². The average molecular weight is 375 g/mol. The molecule has 0 unspecified atom stereocenters. The monoisotopic (exact) mass is 374 g/mol. The molecule has 8 heteroatoms. The van der Waals surface area contributed by atoms with Crippen LogP contribution in [0.15, 0.2) is 55.4 Å². The normalized spacial score (nSPS) is 10.6. The zero-order chi connectivity index (χ0) is 17.5. The molecular weight excluding hydrogens is 356 g/mol. The van der Waals surface area contributed by atoms with Gasteiger partial charge in [0.2, 0.25) is 0 Å². The lowest BCUT2D eigenvalue weighted by atomic mass is 10.2. The topological polar surface area (TPSA) is 59.7 Å². The molecule has 3 rings (SSSR count). The van der Waals surface area contributed by atoms with Crippen LogP contribution in [0.5, 0.6) is 0 Å². The predicted molar refractivity (Wildman–Crippen MR) is 104 cm³/mol. The number of rotatable bonds is 7. The van der Waals surface area contributed by atoms with Crippen molar-refractivity contribution in [2.45, 2.75) is 19.5 Å². The van der Waals surface area contributed by atoms with Crippen molar-refractivity contribution in [1.82, 2.24) is 24.6 Å². The highest BCUT2D eigenvalue weighted by Gasteiger charge is 2.04. The molecule has 0 radical (unpaired) electrons. The molecule has 6 nitrogen and oxygen atoms in total. The van der Waals surface area contributed by atoms with Gasteiger partial charge in [0.25, 0.3) is 0 Å². The van der Waals surface area contributed by atoms with Gasteiger partial charge in [0.15, 0.2) is 5.11 Å². The fraction of sp³-hybridized carbons (Fsp3) is 0.235. The van der Waals surface area contributed by atoms with E-state index in [1.807, 2.05) is 52.2 Å². The number of hydrogen-bond acceptors (Lipinski definition) is 3. The minimum Gasteiger partial charge on any atom is -0.362 e. The summed E-state index contributed by atoms with van der Waals surface area (Å²) in [5.41, 5.74) is 1.87. The fourth-order valence-corrected chi connectivity index (χ4v) is 2.79. The smallest absolute Gasteiger partial charge is 0.170 e. The number of aryl methyl sites for hydroxylation is 1. The number of benzene rings is 1. The first-order valence-corrected chi connectivity index (χ1v) is 8.76. The first kappa shape index (κ1) is 17.4. The van der Waals surface area contributed by atoms with Crippen LogP contribution in [0.3, 0.4) is 0 Å². The molecule has 0 amide bonds. The molecule has 2 N–H and O–H groups in total. The maximum absolute atomic E-state index is 6.18. The van der Waals surface area contributed by atoms with Crippen LogP contribution in [-0.4, -0.2) is 31.0 Å². The van der Waals surface area contributed by atoms with E-state index in [0.29, 0.717) is 11.7 Å². The van der Waals surface area contributed by atoms with Gasteiger partial charge in [0, 0.05) is 36.7 Å². The van der Waals surface area contributed by atoms with Crippen LogP contribution < -0.4 is 10.6 Å². The third-order valence-electron chi connectivity index (χ3n) is 3.62. The van der Waals surface area contributed by atoms with Gasteiger partial charge in [0.1, 0.15) is 0 Å². The van der Waals surface area contributed by atoms with E-state index in [9.17, 15) is 0 Å². The summed E-state index contributed by atoms with van der Waals surface area (Å²) < 4.78 is 3.86. The van der Waals surface area contributed by atoms with Crippen molar-refractivity contribution in [2.75, 3.05) is 11.9 Å². The zero-order valence-electron chi connectivity index (χ0n) is 13.6. The Labute approximate surface area is 156 Å². The second-order valence-electron chi connectivity index (χ2n) is 5.55. The summed E-state index contributed by atoms with van der Waals surface area (Å²) in [5, 5.41) is 12.0. The van der Waals surface area contributed by atoms with Crippen LogP contribution in [0.1, 0.15) is 12.0 Å². The Bertz CT molecular complexity index is 814. The van der Waals surface area contributed by atoms with E-state index < -0.39 is 0 Å². The molecule has 0 aliphatic carbocycles. The molecule has 2 aromatic heterocycles. The summed E-state index contributed by atoms with van der Waals surface area (Å²) in [7, 11) is 0. The van der Waals surface area contributed by atoms with E-state index >= 15 is 0 Å². The number of anilines is 1. The lowest BCUT2D eigenvalue weighted by Crippen LogP contribution is -2.29. The number of nitrogens with one attached hydrogen (secondary N) is 2. The number of imidazole rings is 1. The second-order valence-corrected chi connectivity index (χ2v) is 6.37. The van der Waals surface area contributed by atoms with Crippen LogP contribution in [0.4, 0.5) is 5.69 Å². The Balaban J connectivity index is 1.43. The maximum Gasteiger partial charge on any atom is 0.170 e. The highest BCUT2D eigenvalue weighted by molar-refractivity contribution is 7.80. The zero-order valence-corrected chi connectivity index (χ0v) is 15.2. The Morgan fingerprint density at radius 1 is 1.28 bits per heavy atom. The first-order chi connectivity index (χ1) is 12.2. The van der Waals surface area contributed by atoms with Crippen molar-refractivity contribution in [1.29, 1.82) is 0 Å². The minimum absolute atomic E-state index is 0.586. The van der Waals surface area contributed by atoms with Gasteiger partial charge in [-0.1, -0.05) is 29.8 Å². The van der Waals surface area contributed by atoms with E-state index in [0.717, 1.165) is 35.8 Å². The Morgan fingerprint density at radius 2 is 2.16 bits per heavy atom. The summed E-state index contributed by atoms with van der Waals surface area (Å²) >= 11 is 11.5. The molecule has 2 heterocycles. The molecule has 0 atom stereocenters. The third-order valence-corrected chi connectivity index (χ3v) is 4.23. The summed E-state index contributed by atoms with van der Waals surface area (Å²) in [5.74, 6) is 0. The maximum atomic E-state index is 6.18. The summed E-state index contributed by atoms with van der Waals surface area (Å²) in [4.78, 5) is 4.02. The van der Waals surface area contributed by atoms with Gasteiger partial charge in [-0.25, -0.2) is 4.98 Å². The standard InChI is InChI=1S/C17H19ClN6S/c18-16-5-2-1-4-14(16)11-24-12-15(10-21-24)22-17(25)20-6-3-8-23-9-7-19-13-23/h1-2,4-5,7,9-10,12-13H,3,6,8,11H2,(H2,20,22,25). The number of hydrogen-bond donors (Lipinski definition) is 2. The van der Waals surface area contributed by atoms with Crippen LogP contribution in [-0.2, 0) is 13.1 Å². The molecule has 0 fully saturated rings. The summed E-state index contributed by atoms with van der Waals surface area (Å²) in [6.45, 7) is 2.32. The Kier molecular flexibility index (Phi) is 6.03. The first-order valence-electron chi connectivity index (χ1n) is 7.97. The van der Waals surface area contributed by atoms with Gasteiger partial charge in [-0.3, -0.25) is 4.68 Å². The van der Waals surface area contributed by atoms with Crippen LogP contribution >= 0.6 is 23.8 Å². The molecule has 0 bridgehead atoms. The molecule has 3 aromatic rings. The number of halogens is 1. The number of thiocarbonyl (C=S) groups is 1. The van der Waals surface area contributed by atoms with E-state index in [1.54, 1.807) is 12.4 Å². The summed E-state index contributed by atoms with van der Waals surface area (Å²) in [6.07, 6.45) is 10.1. The van der Waals surface area contributed by atoms with E-state index in [1.165, 1.54) is 0 Å². The van der Waals surface area contributed by atoms with Crippen LogP contribution in [0, 0.1) is 0 Å². The van der Waals surface area contributed by atoms with Gasteiger partial charge in [-0.2, -0.15) is 5.10 Å². The quantitative estimate of drug-likeness (QED) is 0.491. The van der Waals surface area contributed by atoms with Crippen molar-refractivity contribution in [3.05, 3.63) is 66.0 Å². The fourth-order valence-electron chi connectivity index (χ4n) is 2.37. The van der Waals surface area contributed by atoms with E-state index in [2.05, 4.69) is 20.7 Å².